The van der Waals surface area contributed by atoms with Gasteiger partial charge in [-0.2, -0.15) is 0 Å². The molecule has 0 aliphatic carbocycles. The van der Waals surface area contributed by atoms with Crippen molar-refractivity contribution in [1.82, 2.24) is 4.90 Å². The highest BCUT2D eigenvalue weighted by Crippen LogP contribution is 2.06. The van der Waals surface area contributed by atoms with Gasteiger partial charge in [0.05, 0.1) is 0 Å². The number of benzene rings is 1. The number of rotatable bonds is 8. The Kier molecular flexibility index (Phi) is 6.94. The molecular weight excluding hydrogens is 238 g/mol. The van der Waals surface area contributed by atoms with E-state index in [1.807, 2.05) is 13.2 Å². The second-order valence-electron chi connectivity index (χ2n) is 4.93. The fourth-order valence-electron chi connectivity index (χ4n) is 2.25. The van der Waals surface area contributed by atoms with Gasteiger partial charge in [0, 0.05) is 13.3 Å². The minimum atomic E-state index is -1.03. The van der Waals surface area contributed by atoms with Crippen LogP contribution in [0, 0.1) is 0 Å². The third-order valence-electron chi connectivity index (χ3n) is 3.18. The SMILES string of the molecule is C=Cc1ccccc1[SiH](CCCN(C)C)COC. The number of ether oxygens (including phenoxy) is 1. The molecule has 0 aromatic heterocycles. The van der Waals surface area contributed by atoms with E-state index in [4.69, 9.17) is 4.74 Å². The molecule has 18 heavy (non-hydrogen) atoms. The highest BCUT2D eigenvalue weighted by atomic mass is 28.3. The van der Waals surface area contributed by atoms with Crippen LogP contribution in [0.2, 0.25) is 6.04 Å². The van der Waals surface area contributed by atoms with E-state index in [0.717, 1.165) is 12.8 Å². The Morgan fingerprint density at radius 3 is 2.67 bits per heavy atom. The zero-order valence-corrected chi connectivity index (χ0v) is 13.0. The molecule has 0 radical (unpaired) electrons. The van der Waals surface area contributed by atoms with E-state index in [9.17, 15) is 0 Å². The summed E-state index contributed by atoms with van der Waals surface area (Å²) in [6.45, 7) is 5.07. The van der Waals surface area contributed by atoms with Gasteiger partial charge in [-0.3, -0.25) is 0 Å². The summed E-state index contributed by atoms with van der Waals surface area (Å²) < 4.78 is 5.43. The first-order chi connectivity index (χ1) is 8.69. The molecule has 0 N–H and O–H groups in total. The molecule has 0 aliphatic heterocycles. The lowest BCUT2D eigenvalue weighted by Gasteiger charge is -2.18. The second kappa shape index (κ2) is 8.24. The zero-order chi connectivity index (χ0) is 13.4. The summed E-state index contributed by atoms with van der Waals surface area (Å²) >= 11 is 0. The van der Waals surface area contributed by atoms with E-state index in [2.05, 4.69) is 49.8 Å². The van der Waals surface area contributed by atoms with E-state index in [1.165, 1.54) is 23.2 Å². The van der Waals surface area contributed by atoms with Crippen LogP contribution in [-0.4, -0.2) is 47.7 Å². The van der Waals surface area contributed by atoms with Gasteiger partial charge in [-0.1, -0.05) is 48.2 Å². The smallest absolute Gasteiger partial charge is 0.101 e. The second-order valence-corrected chi connectivity index (χ2v) is 7.86. The number of hydrogen-bond acceptors (Lipinski definition) is 2. The average molecular weight is 263 g/mol. The van der Waals surface area contributed by atoms with E-state index < -0.39 is 8.80 Å². The van der Waals surface area contributed by atoms with Gasteiger partial charge >= 0.3 is 0 Å². The van der Waals surface area contributed by atoms with Crippen LogP contribution in [-0.2, 0) is 4.74 Å². The van der Waals surface area contributed by atoms with Crippen LogP contribution in [0.25, 0.3) is 6.08 Å². The Hall–Kier alpha value is -0.903. The third-order valence-corrected chi connectivity index (χ3v) is 6.43. The normalized spacial score (nSPS) is 12.7. The molecule has 100 valence electrons. The molecule has 1 unspecified atom stereocenters. The number of methoxy groups -OCH3 is 1. The molecule has 0 fully saturated rings. The lowest BCUT2D eigenvalue weighted by molar-refractivity contribution is 0.249. The van der Waals surface area contributed by atoms with Gasteiger partial charge in [-0.05, 0) is 32.6 Å². The Bertz CT molecular complexity index is 365. The maximum Gasteiger partial charge on any atom is 0.101 e. The summed E-state index contributed by atoms with van der Waals surface area (Å²) in [6, 6.07) is 9.91. The summed E-state index contributed by atoms with van der Waals surface area (Å²) in [5, 5.41) is 1.49. The van der Waals surface area contributed by atoms with Gasteiger partial charge in [-0.15, -0.1) is 0 Å². The monoisotopic (exact) mass is 263 g/mol. The predicted octanol–water partition coefficient (Wildman–Crippen LogP) is 1.90. The number of hydrogen-bond donors (Lipinski definition) is 0. The molecule has 3 heteroatoms. The highest BCUT2D eigenvalue weighted by Gasteiger charge is 2.15. The summed E-state index contributed by atoms with van der Waals surface area (Å²) in [5.41, 5.74) is 1.29. The average Bonchev–Trinajstić information content (AvgIpc) is 2.37. The Morgan fingerprint density at radius 1 is 1.33 bits per heavy atom. The van der Waals surface area contributed by atoms with Crippen LogP contribution >= 0.6 is 0 Å². The van der Waals surface area contributed by atoms with Gasteiger partial charge in [0.25, 0.3) is 0 Å². The topological polar surface area (TPSA) is 12.5 Å². The Morgan fingerprint density at radius 2 is 2.06 bits per heavy atom. The van der Waals surface area contributed by atoms with Crippen LogP contribution < -0.4 is 5.19 Å². The summed E-state index contributed by atoms with van der Waals surface area (Å²) in [4.78, 5) is 2.25. The molecule has 2 nitrogen and oxygen atoms in total. The van der Waals surface area contributed by atoms with Crippen LogP contribution in [0.3, 0.4) is 0 Å². The summed E-state index contributed by atoms with van der Waals surface area (Å²) in [7, 11) is 5.04. The molecule has 0 aliphatic rings. The van der Waals surface area contributed by atoms with E-state index in [0.29, 0.717) is 0 Å². The molecular formula is C15H25NOSi. The molecule has 0 spiro atoms. The van der Waals surface area contributed by atoms with Crippen LogP contribution in [0.4, 0.5) is 0 Å². The maximum absolute atomic E-state index is 5.43. The summed E-state index contributed by atoms with van der Waals surface area (Å²) in [6.07, 6.45) is 4.13. The third kappa shape index (κ3) is 4.76. The molecule has 0 bridgehead atoms. The van der Waals surface area contributed by atoms with E-state index >= 15 is 0 Å². The van der Waals surface area contributed by atoms with Crippen molar-refractivity contribution < 1.29 is 4.74 Å². The van der Waals surface area contributed by atoms with Crippen molar-refractivity contribution in [1.29, 1.82) is 0 Å². The standard InChI is InChI=1S/C15H25NOSi/c1-5-14-9-6-7-10-15(14)18(13-17-4)12-8-11-16(2)3/h5-7,9-10,18H,1,8,11-13H2,2-4H3. The predicted molar refractivity (Wildman–Crippen MR) is 83.2 cm³/mol. The van der Waals surface area contributed by atoms with Gasteiger partial charge in [-0.25, -0.2) is 0 Å². The van der Waals surface area contributed by atoms with E-state index in [-0.39, 0.29) is 0 Å². The molecule has 0 heterocycles. The van der Waals surface area contributed by atoms with Crippen LogP contribution in [0.5, 0.6) is 0 Å². The fraction of sp³-hybridized carbons (Fsp3) is 0.467. The molecule has 1 aromatic carbocycles. The van der Waals surface area contributed by atoms with Gasteiger partial charge in [0.15, 0.2) is 0 Å². The molecule has 0 saturated carbocycles. The zero-order valence-electron chi connectivity index (χ0n) is 11.9. The van der Waals surface area contributed by atoms with Crippen molar-refractivity contribution in [2.24, 2.45) is 0 Å². The minimum Gasteiger partial charge on any atom is -0.388 e. The molecule has 1 atom stereocenters. The maximum atomic E-state index is 5.43. The fourth-order valence-corrected chi connectivity index (χ4v) is 5.06. The molecule has 0 saturated heterocycles. The highest BCUT2D eigenvalue weighted by molar-refractivity contribution is 6.73. The largest absolute Gasteiger partial charge is 0.388 e. The quantitative estimate of drug-likeness (QED) is 0.664. The van der Waals surface area contributed by atoms with Crippen molar-refractivity contribution in [3.63, 3.8) is 0 Å². The first-order valence-corrected chi connectivity index (χ1v) is 8.75. The first-order valence-electron chi connectivity index (χ1n) is 6.54. The van der Waals surface area contributed by atoms with Crippen molar-refractivity contribution in [2.75, 3.05) is 34.0 Å². The first kappa shape index (κ1) is 15.2. The Balaban J connectivity index is 2.73. The van der Waals surface area contributed by atoms with Crippen LogP contribution in [0.1, 0.15) is 12.0 Å². The van der Waals surface area contributed by atoms with Crippen LogP contribution in [0.15, 0.2) is 30.8 Å². The number of nitrogens with zero attached hydrogens (tertiary/aromatic N) is 1. The lowest BCUT2D eigenvalue weighted by atomic mass is 10.2. The van der Waals surface area contributed by atoms with Crippen molar-refractivity contribution in [3.8, 4) is 0 Å². The molecule has 1 aromatic rings. The van der Waals surface area contributed by atoms with Crippen molar-refractivity contribution in [3.05, 3.63) is 36.4 Å². The lowest BCUT2D eigenvalue weighted by Crippen LogP contribution is -2.37. The van der Waals surface area contributed by atoms with Crippen molar-refractivity contribution >= 4 is 20.1 Å². The minimum absolute atomic E-state index is 0.915. The van der Waals surface area contributed by atoms with Gasteiger partial charge in [0.2, 0.25) is 0 Å². The van der Waals surface area contributed by atoms with Gasteiger partial charge < -0.3 is 9.64 Å². The van der Waals surface area contributed by atoms with Crippen molar-refractivity contribution in [2.45, 2.75) is 12.5 Å². The van der Waals surface area contributed by atoms with Gasteiger partial charge in [0.1, 0.15) is 8.80 Å². The molecule has 0 amide bonds. The summed E-state index contributed by atoms with van der Waals surface area (Å²) in [5.74, 6) is 0. The Labute approximate surface area is 113 Å². The molecule has 1 rings (SSSR count). The van der Waals surface area contributed by atoms with E-state index in [1.54, 1.807) is 0 Å².